The van der Waals surface area contributed by atoms with E-state index in [1.807, 2.05) is 0 Å². The minimum atomic E-state index is -1.56. The smallest absolute Gasteiger partial charge is 0.173 e. The fourth-order valence-corrected chi connectivity index (χ4v) is 12.0. The van der Waals surface area contributed by atoms with Gasteiger partial charge in [0.2, 0.25) is 0 Å². The van der Waals surface area contributed by atoms with Crippen molar-refractivity contribution in [2.45, 2.75) is 77.8 Å². The average Bonchev–Trinajstić information content (AvgIpc) is 2.49. The molecule has 0 atom stereocenters. The molecule has 1 aromatic rings. The fraction of sp³-hybridized carbons (Fsp3) is 0.684. The zero-order valence-electron chi connectivity index (χ0n) is 16.1. The van der Waals surface area contributed by atoms with Gasteiger partial charge < -0.3 is 8.85 Å². The molecule has 0 aliphatic heterocycles. The van der Waals surface area contributed by atoms with Gasteiger partial charge in [0, 0.05) is 0 Å². The number of hydrogen-bond donors (Lipinski definition) is 0. The number of ether oxygens (including phenoxy) is 1. The lowest BCUT2D eigenvalue weighted by Crippen LogP contribution is -2.44. The molecule has 0 fully saturated rings. The molecule has 0 unspecified atom stereocenters. The molecule has 0 heterocycles. The molecule has 0 aromatic heterocycles. The Morgan fingerprint density at radius 3 is 2.17 bits per heavy atom. The molecule has 23 heavy (non-hydrogen) atoms. The van der Waals surface area contributed by atoms with Gasteiger partial charge in [0.05, 0.1) is 6.61 Å². The molecule has 0 aliphatic carbocycles. The van der Waals surface area contributed by atoms with E-state index >= 15 is 0 Å². The Kier molecular flexibility index (Phi) is 8.58. The molecule has 0 radical (unpaired) electrons. The second-order valence-corrected chi connectivity index (χ2v) is 16.5. The van der Waals surface area contributed by atoms with Gasteiger partial charge in [-0.3, -0.25) is 0 Å². The first-order valence-corrected chi connectivity index (χ1v) is 15.4. The van der Waals surface area contributed by atoms with E-state index in [4.69, 9.17) is 8.85 Å². The second kappa shape index (κ2) is 9.65. The first-order valence-electron chi connectivity index (χ1n) is 9.20. The van der Waals surface area contributed by atoms with E-state index in [9.17, 15) is 0 Å². The molecule has 132 valence electrons. The van der Waals surface area contributed by atoms with Gasteiger partial charge >= 0.3 is 0 Å². The summed E-state index contributed by atoms with van der Waals surface area (Å²) in [4.78, 5) is 0. The normalized spacial score (nSPS) is 12.4. The van der Waals surface area contributed by atoms with Crippen LogP contribution < -0.4 is 4.74 Å². The Bertz CT molecular complexity index is 458. The zero-order chi connectivity index (χ0) is 17.3. The summed E-state index contributed by atoms with van der Waals surface area (Å²) in [6, 6.07) is 10.9. The van der Waals surface area contributed by atoms with Crippen LogP contribution in [0.25, 0.3) is 0 Å². The summed E-state index contributed by atoms with van der Waals surface area (Å²) in [5.41, 5.74) is 1.34. The molecule has 0 bridgehead atoms. The van der Waals surface area contributed by atoms with Crippen molar-refractivity contribution >= 4 is 16.6 Å². The Balaban J connectivity index is 2.35. The van der Waals surface area contributed by atoms with Crippen LogP contribution in [0.4, 0.5) is 0 Å². The van der Waals surface area contributed by atoms with Gasteiger partial charge in [-0.15, -0.1) is 0 Å². The van der Waals surface area contributed by atoms with Crippen LogP contribution in [0, 0.1) is 0 Å². The maximum absolute atomic E-state index is 6.64. The highest BCUT2D eigenvalue weighted by atomic mass is 28.4. The van der Waals surface area contributed by atoms with Gasteiger partial charge in [-0.2, -0.15) is 0 Å². The minimum Gasteiger partial charge on any atom is -0.494 e. The van der Waals surface area contributed by atoms with Crippen LogP contribution in [0.2, 0.25) is 38.3 Å². The molecule has 0 aliphatic rings. The number of aryl methyl sites for hydroxylation is 1. The number of hydrogen-bond acceptors (Lipinski definition) is 2. The van der Waals surface area contributed by atoms with E-state index in [1.54, 1.807) is 0 Å². The predicted octanol–water partition coefficient (Wildman–Crippen LogP) is 6.24. The highest BCUT2D eigenvalue weighted by molar-refractivity contribution is 6.84. The van der Waals surface area contributed by atoms with Crippen LogP contribution in [0.15, 0.2) is 24.3 Å². The van der Waals surface area contributed by atoms with E-state index in [0.717, 1.165) is 25.2 Å². The molecule has 0 amide bonds. The molecular formula is C19H36O2Si2. The second-order valence-electron chi connectivity index (χ2n) is 7.68. The molecule has 2 nitrogen and oxygen atoms in total. The van der Waals surface area contributed by atoms with E-state index in [2.05, 4.69) is 64.3 Å². The van der Waals surface area contributed by atoms with Crippen LogP contribution in [0.5, 0.6) is 5.75 Å². The van der Waals surface area contributed by atoms with Crippen LogP contribution >= 0.6 is 0 Å². The van der Waals surface area contributed by atoms with Gasteiger partial charge in [0.1, 0.15) is 5.75 Å². The maximum Gasteiger partial charge on any atom is 0.173 e. The Morgan fingerprint density at radius 1 is 0.913 bits per heavy atom. The molecule has 1 aromatic carbocycles. The van der Waals surface area contributed by atoms with Gasteiger partial charge in [-0.25, -0.2) is 0 Å². The summed E-state index contributed by atoms with van der Waals surface area (Å²) in [5, 5.41) is 0. The van der Waals surface area contributed by atoms with Crippen molar-refractivity contribution < 1.29 is 8.85 Å². The highest BCUT2D eigenvalue weighted by Gasteiger charge is 2.32. The minimum absolute atomic E-state index is 0.796. The van der Waals surface area contributed by atoms with Crippen molar-refractivity contribution in [1.29, 1.82) is 0 Å². The molecule has 0 N–H and O–H groups in total. The van der Waals surface area contributed by atoms with Crippen molar-refractivity contribution in [2.24, 2.45) is 0 Å². The largest absolute Gasteiger partial charge is 0.494 e. The third kappa shape index (κ3) is 8.73. The average molecular weight is 353 g/mol. The summed E-state index contributed by atoms with van der Waals surface area (Å²) in [7, 11) is -3.04. The van der Waals surface area contributed by atoms with Crippen LogP contribution in [0.3, 0.4) is 0 Å². The summed E-state index contributed by atoms with van der Waals surface area (Å²) in [6.45, 7) is 14.7. The Labute approximate surface area is 145 Å². The van der Waals surface area contributed by atoms with Gasteiger partial charge in [-0.1, -0.05) is 38.8 Å². The Morgan fingerprint density at radius 2 is 1.57 bits per heavy atom. The lowest BCUT2D eigenvalue weighted by atomic mass is 10.2. The molecule has 0 saturated heterocycles. The van der Waals surface area contributed by atoms with Crippen molar-refractivity contribution in [3.63, 3.8) is 0 Å². The lowest BCUT2D eigenvalue weighted by Gasteiger charge is -2.34. The van der Waals surface area contributed by atoms with E-state index in [1.165, 1.54) is 30.5 Å². The third-order valence-corrected chi connectivity index (χ3v) is 11.7. The fourth-order valence-electron chi connectivity index (χ4n) is 3.00. The quantitative estimate of drug-likeness (QED) is 0.346. The van der Waals surface area contributed by atoms with Gasteiger partial charge in [0.15, 0.2) is 16.6 Å². The van der Waals surface area contributed by atoms with E-state index < -0.39 is 16.6 Å². The SMILES string of the molecule is CCCC[Si](C)(C)O[Si](C)(C)CCCOc1cccc(CC)c1. The highest BCUT2D eigenvalue weighted by Crippen LogP contribution is 2.24. The first kappa shape index (κ1) is 20.5. The summed E-state index contributed by atoms with van der Waals surface area (Å²) < 4.78 is 12.6. The number of rotatable bonds is 11. The topological polar surface area (TPSA) is 18.5 Å². The maximum atomic E-state index is 6.64. The predicted molar refractivity (Wildman–Crippen MR) is 107 cm³/mol. The number of unbranched alkanes of at least 4 members (excludes halogenated alkanes) is 1. The van der Waals surface area contributed by atoms with Crippen molar-refractivity contribution in [2.75, 3.05) is 6.61 Å². The van der Waals surface area contributed by atoms with Gasteiger partial charge in [0.25, 0.3) is 0 Å². The zero-order valence-corrected chi connectivity index (χ0v) is 18.1. The van der Waals surface area contributed by atoms with E-state index in [-0.39, 0.29) is 0 Å². The molecule has 0 saturated carbocycles. The molecule has 1 rings (SSSR count). The monoisotopic (exact) mass is 352 g/mol. The molecule has 0 spiro atoms. The summed E-state index contributed by atoms with van der Waals surface area (Å²) in [6.07, 6.45) is 4.73. The van der Waals surface area contributed by atoms with Crippen molar-refractivity contribution in [1.82, 2.24) is 0 Å². The first-order chi connectivity index (χ1) is 10.8. The van der Waals surface area contributed by atoms with Gasteiger partial charge in [-0.05, 0) is 68.8 Å². The summed E-state index contributed by atoms with van der Waals surface area (Å²) in [5.74, 6) is 1.00. The number of benzene rings is 1. The van der Waals surface area contributed by atoms with Crippen molar-refractivity contribution in [3.05, 3.63) is 29.8 Å². The van der Waals surface area contributed by atoms with Crippen LogP contribution in [0.1, 0.15) is 38.7 Å². The summed E-state index contributed by atoms with van der Waals surface area (Å²) >= 11 is 0. The third-order valence-electron chi connectivity index (χ3n) is 4.18. The van der Waals surface area contributed by atoms with Crippen molar-refractivity contribution in [3.8, 4) is 5.75 Å². The molecular weight excluding hydrogens is 316 g/mol. The van der Waals surface area contributed by atoms with Crippen LogP contribution in [-0.2, 0) is 10.5 Å². The standard InChI is InChI=1S/C19H36O2Si2/c1-7-9-15-22(3,4)21-23(5,6)16-11-14-20-19-13-10-12-18(8-2)17-19/h10,12-13,17H,7-9,11,14-16H2,1-6H3. The molecule has 4 heteroatoms. The lowest BCUT2D eigenvalue weighted by molar-refractivity contribution is 0.314. The van der Waals surface area contributed by atoms with E-state index in [0.29, 0.717) is 0 Å². The Hall–Kier alpha value is -0.586. The van der Waals surface area contributed by atoms with Crippen LogP contribution in [-0.4, -0.2) is 23.2 Å².